The Morgan fingerprint density at radius 3 is 1.67 bits per heavy atom. The molecule has 5 heteroatoms. The smallest absolute Gasteiger partial charge is 0.164 e. The summed E-state index contributed by atoms with van der Waals surface area (Å²) < 4.78 is 3.52. The van der Waals surface area contributed by atoms with Gasteiger partial charge in [-0.2, -0.15) is 0 Å². The molecule has 0 radical (unpaired) electrons. The molecule has 6 aromatic carbocycles. The number of nitrogens with zero attached hydrogens (tertiary/aromatic N) is 4. The number of rotatable bonds is 3. The number of pyridine rings is 1. The molecule has 0 aliphatic rings. The molecule has 0 fully saturated rings. The molecule has 3 aromatic heterocycles. The summed E-state index contributed by atoms with van der Waals surface area (Å²) in [6.07, 6.45) is 0. The molecule has 42 heavy (non-hydrogen) atoms. The molecule has 0 bridgehead atoms. The van der Waals surface area contributed by atoms with Crippen molar-refractivity contribution in [3.05, 3.63) is 132 Å². The molecule has 196 valence electrons. The number of para-hydroxylation sites is 1. The zero-order chi connectivity index (χ0) is 27.8. The molecule has 9 rings (SSSR count). The van der Waals surface area contributed by atoms with Gasteiger partial charge in [-0.25, -0.2) is 15.0 Å². The van der Waals surface area contributed by atoms with Crippen LogP contribution in [0.15, 0.2) is 132 Å². The molecular weight excluding hydrogens is 580 g/mol. The Bertz CT molecular complexity index is 2410. The first-order valence-corrected chi connectivity index (χ1v) is 14.7. The van der Waals surface area contributed by atoms with E-state index in [9.17, 15) is 0 Å². The van der Waals surface area contributed by atoms with E-state index < -0.39 is 0 Å². The van der Waals surface area contributed by atoms with Gasteiger partial charge < -0.3 is 4.40 Å². The maximum Gasteiger partial charge on any atom is 0.164 e. The lowest BCUT2D eigenvalue weighted by molar-refractivity contribution is 1.07. The Morgan fingerprint density at radius 1 is 0.429 bits per heavy atom. The van der Waals surface area contributed by atoms with E-state index in [-0.39, 0.29) is 0 Å². The summed E-state index contributed by atoms with van der Waals surface area (Å²) in [6.45, 7) is 0. The maximum absolute atomic E-state index is 5.00. The minimum absolute atomic E-state index is 0.653. The number of benzene rings is 6. The van der Waals surface area contributed by atoms with Crippen LogP contribution < -0.4 is 0 Å². The minimum atomic E-state index is 0.653. The molecule has 0 spiro atoms. The first-order valence-electron chi connectivity index (χ1n) is 13.9. The third-order valence-electron chi connectivity index (χ3n) is 8.24. The largest absolute Gasteiger partial charge is 0.308 e. The molecule has 0 unspecified atom stereocenters. The van der Waals surface area contributed by atoms with Gasteiger partial charge in [-0.05, 0) is 29.0 Å². The maximum atomic E-state index is 5.00. The number of hydrogen-bond donors (Lipinski definition) is 0. The molecule has 0 amide bonds. The van der Waals surface area contributed by atoms with Crippen molar-refractivity contribution in [1.29, 1.82) is 0 Å². The van der Waals surface area contributed by atoms with Crippen molar-refractivity contribution < 1.29 is 0 Å². The average molecular weight is 602 g/mol. The molecule has 0 aliphatic heterocycles. The molecule has 9 aromatic rings. The van der Waals surface area contributed by atoms with Crippen LogP contribution >= 0.6 is 15.9 Å². The van der Waals surface area contributed by atoms with Gasteiger partial charge in [0, 0.05) is 42.7 Å². The van der Waals surface area contributed by atoms with Crippen molar-refractivity contribution >= 4 is 64.8 Å². The van der Waals surface area contributed by atoms with Crippen LogP contribution in [-0.2, 0) is 0 Å². The Kier molecular flexibility index (Phi) is 5.01. The summed E-state index contributed by atoms with van der Waals surface area (Å²) >= 11 is 3.80. The summed E-state index contributed by atoms with van der Waals surface area (Å²) in [6, 6.07) is 44.4. The van der Waals surface area contributed by atoms with Gasteiger partial charge in [0.25, 0.3) is 0 Å². The van der Waals surface area contributed by atoms with Crippen molar-refractivity contribution in [3.8, 4) is 34.2 Å². The second kappa shape index (κ2) is 8.93. The first-order chi connectivity index (χ1) is 20.7. The Balaban J connectivity index is 1.37. The summed E-state index contributed by atoms with van der Waals surface area (Å²) in [5, 5.41) is 7.43. The quantitative estimate of drug-likeness (QED) is 0.150. The highest BCUT2D eigenvalue weighted by molar-refractivity contribution is 9.10. The lowest BCUT2D eigenvalue weighted by Crippen LogP contribution is -2.00. The Labute approximate surface area is 249 Å². The lowest BCUT2D eigenvalue weighted by atomic mass is 9.99. The summed E-state index contributed by atoms with van der Waals surface area (Å²) in [4.78, 5) is 14.9. The number of fused-ring (bicyclic) bond motifs is 5. The second-order valence-corrected chi connectivity index (χ2v) is 11.5. The topological polar surface area (TPSA) is 43.1 Å². The molecular formula is C37H21BrN4. The number of hydrogen-bond acceptors (Lipinski definition) is 3. The molecule has 0 saturated heterocycles. The third kappa shape index (κ3) is 3.37. The van der Waals surface area contributed by atoms with E-state index in [4.69, 9.17) is 15.0 Å². The van der Waals surface area contributed by atoms with Crippen molar-refractivity contribution in [2.75, 3.05) is 0 Å². The number of aromatic nitrogens is 4. The van der Waals surface area contributed by atoms with Gasteiger partial charge in [0.1, 0.15) is 0 Å². The van der Waals surface area contributed by atoms with Crippen LogP contribution in [0, 0.1) is 0 Å². The zero-order valence-electron chi connectivity index (χ0n) is 22.3. The molecule has 4 nitrogen and oxygen atoms in total. The van der Waals surface area contributed by atoms with Gasteiger partial charge in [0.05, 0.1) is 16.6 Å². The average Bonchev–Trinajstić information content (AvgIpc) is 3.39. The van der Waals surface area contributed by atoms with Crippen molar-refractivity contribution in [1.82, 2.24) is 19.4 Å². The van der Waals surface area contributed by atoms with Crippen LogP contribution in [0.25, 0.3) is 83.0 Å². The SMILES string of the molecule is Brc1ccc2c3c1cccc3c1cccc3c4ccc(-c5nc(-c6ccccc6)nc(-c6ccccc6)n5)cc4n2c13. The first kappa shape index (κ1) is 23.6. The van der Waals surface area contributed by atoms with E-state index in [2.05, 4.69) is 87.1 Å². The lowest BCUT2D eigenvalue weighted by Gasteiger charge is -2.14. The summed E-state index contributed by atoms with van der Waals surface area (Å²) in [5.74, 6) is 1.97. The summed E-state index contributed by atoms with van der Waals surface area (Å²) in [5.41, 5.74) is 6.42. The van der Waals surface area contributed by atoms with Gasteiger partial charge in [-0.1, -0.05) is 125 Å². The van der Waals surface area contributed by atoms with E-state index in [0.717, 1.165) is 26.7 Å². The van der Waals surface area contributed by atoms with Gasteiger partial charge in [0.2, 0.25) is 0 Å². The highest BCUT2D eigenvalue weighted by atomic mass is 79.9. The normalized spacial score (nSPS) is 11.9. The monoisotopic (exact) mass is 600 g/mol. The predicted octanol–water partition coefficient (Wildman–Crippen LogP) is 9.94. The fraction of sp³-hybridized carbons (Fsp3) is 0. The van der Waals surface area contributed by atoms with E-state index in [1.165, 1.54) is 43.4 Å². The standard InChI is InChI=1S/C37H21BrN4/c38-30-19-20-31-33-26(13-7-16-29(30)33)28-15-8-14-27-25-18-17-24(21-32(25)42(31)34(27)28)37-40-35(22-9-3-1-4-10-22)39-36(41-37)23-11-5-2-6-12-23/h1-21H. The van der Waals surface area contributed by atoms with Gasteiger partial charge >= 0.3 is 0 Å². The predicted molar refractivity (Wildman–Crippen MR) is 176 cm³/mol. The van der Waals surface area contributed by atoms with Crippen LogP contribution in [0.1, 0.15) is 0 Å². The Morgan fingerprint density at radius 2 is 1.00 bits per heavy atom. The van der Waals surface area contributed by atoms with E-state index >= 15 is 0 Å². The van der Waals surface area contributed by atoms with Crippen molar-refractivity contribution in [2.24, 2.45) is 0 Å². The highest BCUT2D eigenvalue weighted by Crippen LogP contribution is 2.42. The molecule has 0 atom stereocenters. The molecule has 3 heterocycles. The van der Waals surface area contributed by atoms with Crippen LogP contribution in [0.2, 0.25) is 0 Å². The molecule has 0 aliphatic carbocycles. The molecule has 0 N–H and O–H groups in total. The van der Waals surface area contributed by atoms with Gasteiger partial charge in [-0.15, -0.1) is 0 Å². The van der Waals surface area contributed by atoms with Crippen molar-refractivity contribution in [2.45, 2.75) is 0 Å². The third-order valence-corrected chi connectivity index (χ3v) is 8.93. The number of halogens is 1. The van der Waals surface area contributed by atoms with E-state index in [0.29, 0.717) is 17.5 Å². The van der Waals surface area contributed by atoms with Gasteiger partial charge in [-0.3, -0.25) is 0 Å². The highest BCUT2D eigenvalue weighted by Gasteiger charge is 2.19. The van der Waals surface area contributed by atoms with Gasteiger partial charge in [0.15, 0.2) is 17.5 Å². The van der Waals surface area contributed by atoms with Crippen LogP contribution in [-0.4, -0.2) is 19.4 Å². The fourth-order valence-corrected chi connectivity index (χ4v) is 6.84. The van der Waals surface area contributed by atoms with E-state index in [1.54, 1.807) is 0 Å². The Hall–Kier alpha value is -5.13. The van der Waals surface area contributed by atoms with Crippen LogP contribution in [0.4, 0.5) is 0 Å². The van der Waals surface area contributed by atoms with Crippen LogP contribution in [0.3, 0.4) is 0 Å². The summed E-state index contributed by atoms with van der Waals surface area (Å²) in [7, 11) is 0. The fourth-order valence-electron chi connectivity index (χ4n) is 6.37. The second-order valence-electron chi connectivity index (χ2n) is 10.6. The molecule has 0 saturated carbocycles. The van der Waals surface area contributed by atoms with E-state index in [1.807, 2.05) is 60.7 Å². The van der Waals surface area contributed by atoms with Crippen LogP contribution in [0.5, 0.6) is 0 Å². The zero-order valence-corrected chi connectivity index (χ0v) is 23.9. The minimum Gasteiger partial charge on any atom is -0.308 e. The van der Waals surface area contributed by atoms with Crippen molar-refractivity contribution in [3.63, 3.8) is 0 Å².